The molecular weight excluding hydrogens is 988 g/mol. The zero-order valence-corrected chi connectivity index (χ0v) is 51.1. The van der Waals surface area contributed by atoms with Crippen molar-refractivity contribution in [1.82, 2.24) is 0 Å². The third-order valence-electron chi connectivity index (χ3n) is 22.7. The molecule has 9 aromatic carbocycles. The highest BCUT2D eigenvalue weighted by Gasteiger charge is 2.52. The lowest BCUT2D eigenvalue weighted by Gasteiger charge is -2.49. The highest BCUT2D eigenvalue weighted by Crippen LogP contribution is 2.61. The Labute approximate surface area is 488 Å². The summed E-state index contributed by atoms with van der Waals surface area (Å²) in [6, 6.07) is 63.7. The van der Waals surface area contributed by atoms with E-state index in [9.17, 15) is 0 Å². The molecule has 0 saturated heterocycles. The third-order valence-corrected chi connectivity index (χ3v) is 22.7. The molecule has 0 radical (unpaired) electrons. The largest absolute Gasteiger partial charge is 0.311 e. The van der Waals surface area contributed by atoms with Crippen LogP contribution in [0.5, 0.6) is 0 Å². The van der Waals surface area contributed by atoms with Crippen molar-refractivity contribution < 1.29 is 0 Å². The van der Waals surface area contributed by atoms with E-state index in [0.29, 0.717) is 0 Å². The van der Waals surface area contributed by atoms with Crippen molar-refractivity contribution in [3.05, 3.63) is 241 Å². The van der Waals surface area contributed by atoms with Crippen LogP contribution < -0.4 is 26.2 Å². The Hall–Kier alpha value is -7.36. The molecule has 0 bridgehead atoms. The second-order valence-corrected chi connectivity index (χ2v) is 30.0. The van der Waals surface area contributed by atoms with Crippen LogP contribution in [0.2, 0.25) is 0 Å². The molecule has 3 aliphatic heterocycles. The highest BCUT2D eigenvalue weighted by molar-refractivity contribution is 7.00. The summed E-state index contributed by atoms with van der Waals surface area (Å²) in [5.74, 6) is 0. The van der Waals surface area contributed by atoms with E-state index in [-0.39, 0.29) is 44.6 Å². The summed E-state index contributed by atoms with van der Waals surface area (Å²) in [7, 11) is 0. The Bertz CT molecular complexity index is 4380. The standard InChI is InChI=1S/C79H77BN2/c1-45-23-16-17-25-50(45)47-39-67-71-68(40-47)82-65-43-59-58(73(2,3)35-36-74(59,4)5)38-48(65)37-46-24-22-30-56-69(46)70-57(79(56,14)15)33-34-63(72(70)82)80(71)64-42-61-62(78(12,13)54-29-21-20-28-53(54)77(61,10)11)44-66(64)81(67)49-31-32-55-60(41-49)76(8,9)52-27-19-18-26-51(52)75(55,6)7/h16-34,38-44H,35-37H2,1-15H3. The summed E-state index contributed by atoms with van der Waals surface area (Å²) >= 11 is 0. The van der Waals surface area contributed by atoms with Crippen LogP contribution in [0.1, 0.15) is 193 Å². The van der Waals surface area contributed by atoms with Gasteiger partial charge in [-0.1, -0.05) is 218 Å². The maximum absolute atomic E-state index is 2.85. The maximum Gasteiger partial charge on any atom is 0.252 e. The topological polar surface area (TPSA) is 6.48 Å². The quantitative estimate of drug-likeness (QED) is 0.159. The average molecular weight is 1070 g/mol. The smallest absolute Gasteiger partial charge is 0.252 e. The van der Waals surface area contributed by atoms with Crippen LogP contribution >= 0.6 is 0 Å². The van der Waals surface area contributed by atoms with E-state index >= 15 is 0 Å². The van der Waals surface area contributed by atoms with Crippen LogP contribution in [0.3, 0.4) is 0 Å². The Balaban J connectivity index is 1.08. The van der Waals surface area contributed by atoms with E-state index in [4.69, 9.17) is 0 Å². The molecule has 0 aromatic heterocycles. The molecule has 3 heterocycles. The lowest BCUT2D eigenvalue weighted by molar-refractivity contribution is 0.331. The predicted octanol–water partition coefficient (Wildman–Crippen LogP) is 18.2. The second kappa shape index (κ2) is 15.8. The predicted molar refractivity (Wildman–Crippen MR) is 348 cm³/mol. The lowest BCUT2D eigenvalue weighted by Crippen LogP contribution is -2.62. The van der Waals surface area contributed by atoms with Crippen LogP contribution in [0, 0.1) is 6.92 Å². The Morgan fingerprint density at radius 3 is 1.48 bits per heavy atom. The molecule has 16 rings (SSSR count). The number of nitrogens with zero attached hydrogens (tertiary/aromatic N) is 2. The monoisotopic (exact) mass is 1060 g/mol. The van der Waals surface area contributed by atoms with Gasteiger partial charge in [0.2, 0.25) is 0 Å². The van der Waals surface area contributed by atoms with Crippen molar-refractivity contribution in [3.63, 3.8) is 0 Å². The molecule has 0 N–H and O–H groups in total. The van der Waals surface area contributed by atoms with E-state index < -0.39 is 0 Å². The number of fused-ring (bicyclic) bond motifs is 11. The summed E-state index contributed by atoms with van der Waals surface area (Å²) in [6.45, 7) is 37.0. The molecule has 406 valence electrons. The van der Waals surface area contributed by atoms with Crippen LogP contribution in [0.25, 0.3) is 22.3 Å². The van der Waals surface area contributed by atoms with Gasteiger partial charge in [-0.25, -0.2) is 0 Å². The van der Waals surface area contributed by atoms with E-state index in [0.717, 1.165) is 12.8 Å². The SMILES string of the molecule is Cc1ccccc1-c1cc2c3c(c1)N1c4cc5c(cc4Cc4cccc6c4-c4c(ccc(c41)B3c1cc3c(cc1N2c1ccc2c(c1)C(C)(C)c1ccccc1C2(C)C)C(C)(C)c1ccccc1C3(C)C)C6(C)C)C(C)(C)CCC5(C)C. The Morgan fingerprint density at radius 1 is 0.354 bits per heavy atom. The molecule has 4 aliphatic carbocycles. The summed E-state index contributed by atoms with van der Waals surface area (Å²) in [5, 5.41) is 0. The van der Waals surface area contributed by atoms with Crippen LogP contribution in [0.15, 0.2) is 158 Å². The minimum atomic E-state index is -0.252. The van der Waals surface area contributed by atoms with Crippen LogP contribution in [0.4, 0.5) is 34.1 Å². The van der Waals surface area contributed by atoms with Gasteiger partial charge in [0.25, 0.3) is 6.71 Å². The Kier molecular flexibility index (Phi) is 9.73. The van der Waals surface area contributed by atoms with Crippen molar-refractivity contribution in [2.75, 3.05) is 9.80 Å². The average Bonchev–Trinajstić information content (AvgIpc) is 1.48. The molecule has 0 atom stereocenters. The minimum absolute atomic E-state index is 0.0147. The first-order valence-electron chi connectivity index (χ1n) is 30.7. The van der Waals surface area contributed by atoms with Gasteiger partial charge < -0.3 is 9.80 Å². The van der Waals surface area contributed by atoms with Crippen molar-refractivity contribution in [2.24, 2.45) is 0 Å². The number of benzene rings is 9. The van der Waals surface area contributed by atoms with Gasteiger partial charge in [0.15, 0.2) is 0 Å². The molecule has 0 unspecified atom stereocenters. The number of hydrogen-bond acceptors (Lipinski definition) is 2. The summed E-state index contributed by atoms with van der Waals surface area (Å²) in [4.78, 5) is 5.60. The minimum Gasteiger partial charge on any atom is -0.311 e. The van der Waals surface area contributed by atoms with Crippen molar-refractivity contribution in [1.29, 1.82) is 0 Å². The summed E-state index contributed by atoms with van der Waals surface area (Å²) in [5.41, 5.74) is 37.8. The van der Waals surface area contributed by atoms with Gasteiger partial charge in [-0.05, 0) is 184 Å². The van der Waals surface area contributed by atoms with E-state index in [2.05, 4.69) is 271 Å². The molecule has 0 fully saturated rings. The maximum atomic E-state index is 2.85. The molecule has 2 nitrogen and oxygen atoms in total. The first-order chi connectivity index (χ1) is 38.8. The van der Waals surface area contributed by atoms with Gasteiger partial charge in [0.05, 0.1) is 0 Å². The lowest BCUT2D eigenvalue weighted by atomic mass is 9.32. The normalized spacial score (nSPS) is 19.6. The van der Waals surface area contributed by atoms with Gasteiger partial charge in [0, 0.05) is 73.2 Å². The molecule has 0 spiro atoms. The van der Waals surface area contributed by atoms with Gasteiger partial charge in [-0.2, -0.15) is 0 Å². The first-order valence-corrected chi connectivity index (χ1v) is 30.7. The molecule has 7 aliphatic rings. The van der Waals surface area contributed by atoms with Gasteiger partial charge in [-0.15, -0.1) is 0 Å². The zero-order chi connectivity index (χ0) is 56.9. The van der Waals surface area contributed by atoms with Crippen molar-refractivity contribution in [2.45, 2.75) is 161 Å². The van der Waals surface area contributed by atoms with E-state index in [1.165, 1.54) is 163 Å². The van der Waals surface area contributed by atoms with E-state index in [1.807, 2.05) is 0 Å². The molecule has 3 heteroatoms. The number of anilines is 6. The second-order valence-electron chi connectivity index (χ2n) is 30.0. The fraction of sp³-hybridized carbons (Fsp3) is 0.316. The van der Waals surface area contributed by atoms with Gasteiger partial charge >= 0.3 is 0 Å². The van der Waals surface area contributed by atoms with Crippen LogP contribution in [-0.2, 0) is 44.3 Å². The summed E-state index contributed by atoms with van der Waals surface area (Å²) < 4.78 is 0. The number of rotatable bonds is 2. The first kappa shape index (κ1) is 50.4. The third kappa shape index (κ3) is 6.23. The molecule has 0 amide bonds. The Morgan fingerprint density at radius 2 is 0.841 bits per heavy atom. The van der Waals surface area contributed by atoms with Gasteiger partial charge in [-0.3, -0.25) is 0 Å². The van der Waals surface area contributed by atoms with Crippen LogP contribution in [-0.4, -0.2) is 6.71 Å². The highest BCUT2D eigenvalue weighted by atomic mass is 15.2. The fourth-order valence-corrected chi connectivity index (χ4v) is 17.9. The van der Waals surface area contributed by atoms with Crippen molar-refractivity contribution in [3.8, 4) is 22.3 Å². The molecular formula is C79H77BN2. The van der Waals surface area contributed by atoms with Gasteiger partial charge in [0.1, 0.15) is 0 Å². The van der Waals surface area contributed by atoms with E-state index in [1.54, 1.807) is 0 Å². The molecule has 9 aromatic rings. The summed E-state index contributed by atoms with van der Waals surface area (Å²) in [6.07, 6.45) is 3.21. The fourth-order valence-electron chi connectivity index (χ4n) is 17.9. The van der Waals surface area contributed by atoms with Crippen molar-refractivity contribution >= 4 is 57.2 Å². The molecule has 0 saturated carbocycles. The molecule has 82 heavy (non-hydrogen) atoms. The number of hydrogen-bond donors (Lipinski definition) is 0. The zero-order valence-electron chi connectivity index (χ0n) is 51.1. The number of aryl methyl sites for hydroxylation is 1.